The van der Waals surface area contributed by atoms with E-state index in [4.69, 9.17) is 14.7 Å². The van der Waals surface area contributed by atoms with E-state index in [1.165, 1.54) is 16.9 Å². The van der Waals surface area contributed by atoms with Crippen LogP contribution in [0.25, 0.3) is 11.5 Å². The van der Waals surface area contributed by atoms with Gasteiger partial charge in [0, 0.05) is 11.9 Å². The molecule has 4 rings (SSSR count). The van der Waals surface area contributed by atoms with Crippen molar-refractivity contribution in [1.82, 2.24) is 4.68 Å². The number of hydrogen-bond acceptors (Lipinski definition) is 5. The summed E-state index contributed by atoms with van der Waals surface area (Å²) in [6.45, 7) is 0.675. The summed E-state index contributed by atoms with van der Waals surface area (Å²) in [6.07, 6.45) is 4.28. The third kappa shape index (κ3) is 4.60. The molecule has 6 heteroatoms. The van der Waals surface area contributed by atoms with E-state index in [-0.39, 0.29) is 0 Å². The van der Waals surface area contributed by atoms with Gasteiger partial charge in [-0.25, -0.2) is 4.68 Å². The van der Waals surface area contributed by atoms with Crippen LogP contribution < -0.4 is 4.80 Å². The lowest BCUT2D eigenvalue weighted by molar-refractivity contribution is 0.575. The van der Waals surface area contributed by atoms with Crippen LogP contribution in [0.15, 0.2) is 92.9 Å². The molecule has 0 aliphatic rings. The molecule has 0 saturated heterocycles. The number of thiazole rings is 1. The molecule has 142 valence electrons. The van der Waals surface area contributed by atoms with Crippen LogP contribution in [0.3, 0.4) is 0 Å². The molecule has 4 aromatic rings. The largest absolute Gasteiger partial charge is 0.463 e. The predicted octanol–water partition coefficient (Wildman–Crippen LogP) is 4.71. The fourth-order valence-corrected chi connectivity index (χ4v) is 3.65. The minimum Gasteiger partial charge on any atom is -0.463 e. The van der Waals surface area contributed by atoms with Crippen LogP contribution in [0.5, 0.6) is 0 Å². The Kier molecular flexibility index (Phi) is 5.79. The van der Waals surface area contributed by atoms with Crippen LogP contribution in [0.4, 0.5) is 0 Å². The van der Waals surface area contributed by atoms with Gasteiger partial charge in [-0.3, -0.25) is 4.99 Å². The lowest BCUT2D eigenvalue weighted by Gasteiger charge is -2.01. The molecule has 0 aliphatic carbocycles. The van der Waals surface area contributed by atoms with Gasteiger partial charge in [-0.2, -0.15) is 10.4 Å². The Morgan fingerprint density at radius 3 is 2.59 bits per heavy atom. The summed E-state index contributed by atoms with van der Waals surface area (Å²) in [5, 5.41) is 15.6. The van der Waals surface area contributed by atoms with Gasteiger partial charge >= 0.3 is 0 Å². The molecule has 2 heterocycles. The van der Waals surface area contributed by atoms with Crippen molar-refractivity contribution in [2.45, 2.75) is 6.42 Å². The zero-order chi connectivity index (χ0) is 19.9. The van der Waals surface area contributed by atoms with Crippen molar-refractivity contribution < 1.29 is 4.42 Å². The minimum atomic E-state index is 0.623. The van der Waals surface area contributed by atoms with Gasteiger partial charge in [0.15, 0.2) is 5.76 Å². The maximum absolute atomic E-state index is 8.94. The van der Waals surface area contributed by atoms with Gasteiger partial charge in [0.25, 0.3) is 0 Å². The summed E-state index contributed by atoms with van der Waals surface area (Å²) in [5.74, 6) is 0.739. The second-order valence-electron chi connectivity index (χ2n) is 6.29. The SMILES string of the molecule is N#Cc1ccc(C=Nn2c(-c3ccco3)csc2=NCCc2ccccc2)cc1. The second-order valence-corrected chi connectivity index (χ2v) is 7.12. The van der Waals surface area contributed by atoms with E-state index in [2.05, 4.69) is 23.3 Å². The topological polar surface area (TPSA) is 66.6 Å². The van der Waals surface area contributed by atoms with Crippen molar-refractivity contribution in [3.05, 3.63) is 99.9 Å². The lowest BCUT2D eigenvalue weighted by atomic mass is 10.2. The Morgan fingerprint density at radius 1 is 1.03 bits per heavy atom. The highest BCUT2D eigenvalue weighted by molar-refractivity contribution is 7.07. The molecule has 0 amide bonds. The van der Waals surface area contributed by atoms with E-state index in [0.717, 1.165) is 28.2 Å². The zero-order valence-corrected chi connectivity index (χ0v) is 16.4. The fraction of sp³-hybridized carbons (Fsp3) is 0.0870. The number of furan rings is 1. The number of aromatic nitrogens is 1. The van der Waals surface area contributed by atoms with Crippen molar-refractivity contribution in [2.24, 2.45) is 10.1 Å². The average molecular weight is 398 g/mol. The Morgan fingerprint density at radius 2 is 1.86 bits per heavy atom. The van der Waals surface area contributed by atoms with E-state index in [0.29, 0.717) is 12.1 Å². The highest BCUT2D eigenvalue weighted by Crippen LogP contribution is 2.20. The first-order chi connectivity index (χ1) is 14.3. The predicted molar refractivity (Wildman–Crippen MR) is 115 cm³/mol. The molecule has 0 saturated carbocycles. The first-order valence-electron chi connectivity index (χ1n) is 9.17. The van der Waals surface area contributed by atoms with Crippen LogP contribution in [-0.2, 0) is 6.42 Å². The van der Waals surface area contributed by atoms with Crippen LogP contribution in [0.1, 0.15) is 16.7 Å². The Bertz CT molecular complexity index is 1190. The van der Waals surface area contributed by atoms with Crippen LogP contribution >= 0.6 is 11.3 Å². The molecule has 5 nitrogen and oxygen atoms in total. The van der Waals surface area contributed by atoms with Gasteiger partial charge in [0.1, 0.15) is 5.69 Å². The van der Waals surface area contributed by atoms with Crippen molar-refractivity contribution in [3.8, 4) is 17.5 Å². The highest BCUT2D eigenvalue weighted by atomic mass is 32.1. The third-order valence-corrected chi connectivity index (χ3v) is 5.17. The molecule has 0 atom stereocenters. The smallest absolute Gasteiger partial charge is 0.206 e. The Labute approximate surface area is 172 Å². The van der Waals surface area contributed by atoms with E-state index >= 15 is 0 Å². The van der Waals surface area contributed by atoms with E-state index in [1.54, 1.807) is 29.3 Å². The van der Waals surface area contributed by atoms with Crippen LogP contribution in [0.2, 0.25) is 0 Å². The summed E-state index contributed by atoms with van der Waals surface area (Å²) in [5.41, 5.74) is 3.64. The number of nitriles is 1. The van der Waals surface area contributed by atoms with Gasteiger partial charge in [0.2, 0.25) is 4.80 Å². The van der Waals surface area contributed by atoms with Crippen molar-refractivity contribution >= 4 is 17.6 Å². The monoisotopic (exact) mass is 398 g/mol. The number of rotatable bonds is 6. The second kappa shape index (κ2) is 9.00. The number of hydrogen-bond donors (Lipinski definition) is 0. The van der Waals surface area contributed by atoms with Gasteiger partial charge < -0.3 is 4.42 Å². The average Bonchev–Trinajstić information content (AvgIpc) is 3.43. The van der Waals surface area contributed by atoms with Crippen molar-refractivity contribution in [2.75, 3.05) is 6.54 Å². The van der Waals surface area contributed by atoms with Gasteiger partial charge in [-0.15, -0.1) is 11.3 Å². The van der Waals surface area contributed by atoms with E-state index in [1.807, 2.05) is 47.8 Å². The first-order valence-corrected chi connectivity index (χ1v) is 10.0. The maximum Gasteiger partial charge on any atom is 0.206 e. The van der Waals surface area contributed by atoms with Crippen molar-refractivity contribution in [1.29, 1.82) is 5.26 Å². The van der Waals surface area contributed by atoms with Gasteiger partial charge in [-0.05, 0) is 41.8 Å². The first kappa shape index (κ1) is 18.7. The van der Waals surface area contributed by atoms with Gasteiger partial charge in [-0.1, -0.05) is 42.5 Å². The molecule has 0 unspecified atom stereocenters. The molecule has 0 aliphatic heterocycles. The molecule has 2 aromatic heterocycles. The fourth-order valence-electron chi connectivity index (χ4n) is 2.81. The summed E-state index contributed by atoms with van der Waals surface area (Å²) in [6, 6.07) is 23.5. The molecular weight excluding hydrogens is 380 g/mol. The van der Waals surface area contributed by atoms with E-state index < -0.39 is 0 Å². The van der Waals surface area contributed by atoms with Gasteiger partial charge in [0.05, 0.1) is 24.1 Å². The Balaban J connectivity index is 1.64. The maximum atomic E-state index is 8.94. The summed E-state index contributed by atoms with van der Waals surface area (Å²) >= 11 is 1.53. The third-order valence-electron chi connectivity index (χ3n) is 4.31. The van der Waals surface area contributed by atoms with Crippen LogP contribution in [0, 0.1) is 11.3 Å². The molecule has 0 N–H and O–H groups in total. The quantitative estimate of drug-likeness (QED) is 0.442. The van der Waals surface area contributed by atoms with E-state index in [9.17, 15) is 0 Å². The molecule has 0 fully saturated rings. The summed E-state index contributed by atoms with van der Waals surface area (Å²) < 4.78 is 7.36. The molecule has 2 aromatic carbocycles. The highest BCUT2D eigenvalue weighted by Gasteiger charge is 2.09. The molecule has 0 radical (unpaired) electrons. The lowest BCUT2D eigenvalue weighted by Crippen LogP contribution is -2.13. The summed E-state index contributed by atoms with van der Waals surface area (Å²) in [7, 11) is 0. The molecule has 0 bridgehead atoms. The normalized spacial score (nSPS) is 11.8. The minimum absolute atomic E-state index is 0.623. The molecule has 29 heavy (non-hydrogen) atoms. The van der Waals surface area contributed by atoms with Crippen LogP contribution in [-0.4, -0.2) is 17.4 Å². The zero-order valence-electron chi connectivity index (χ0n) is 15.6. The van der Waals surface area contributed by atoms with Crippen molar-refractivity contribution in [3.63, 3.8) is 0 Å². The molecular formula is C23H18N4OS. The number of nitrogens with zero attached hydrogens (tertiary/aromatic N) is 4. The standard InChI is InChI=1S/C23H18N4OS/c24-15-19-8-10-20(11-9-19)16-26-27-21(22-7-4-14-28-22)17-29-23(27)25-13-12-18-5-2-1-3-6-18/h1-11,14,16-17H,12-13H2. The number of benzene rings is 2. The summed E-state index contributed by atoms with van der Waals surface area (Å²) in [4.78, 5) is 5.56. The Hall–Kier alpha value is -3.69. The molecule has 0 spiro atoms.